The Bertz CT molecular complexity index is 314. The lowest BCUT2D eigenvalue weighted by atomic mass is 10.4. The van der Waals surface area contributed by atoms with Gasteiger partial charge in [-0.1, -0.05) is 0 Å². The van der Waals surface area contributed by atoms with Gasteiger partial charge in [0.2, 0.25) is 0 Å². The van der Waals surface area contributed by atoms with Crippen molar-refractivity contribution in [2.75, 3.05) is 0 Å². The Hall–Kier alpha value is -1.52. The first-order valence-corrected chi connectivity index (χ1v) is 2.84. The van der Waals surface area contributed by atoms with Gasteiger partial charge in [0.1, 0.15) is 11.4 Å². The van der Waals surface area contributed by atoms with Gasteiger partial charge in [0.15, 0.2) is 0 Å². The highest BCUT2D eigenvalue weighted by Crippen LogP contribution is 2.10. The zero-order chi connectivity index (χ0) is 6.97. The average Bonchev–Trinajstić information content (AvgIpc) is 2.33. The van der Waals surface area contributed by atoms with Crippen LogP contribution in [0.1, 0.15) is 0 Å². The van der Waals surface area contributed by atoms with Gasteiger partial charge in [0, 0.05) is 7.05 Å². The first-order chi connectivity index (χ1) is 4.86. The van der Waals surface area contributed by atoms with Gasteiger partial charge in [-0.15, -0.1) is 5.10 Å². The molecule has 0 aromatic rings. The summed E-state index contributed by atoms with van der Waals surface area (Å²) in [5.74, 6) is 0. The zero-order valence-electron chi connectivity index (χ0n) is 5.39. The van der Waals surface area contributed by atoms with Crippen LogP contribution in [0, 0.1) is 0 Å². The number of rotatable bonds is 0. The van der Waals surface area contributed by atoms with E-state index in [9.17, 15) is 0 Å². The van der Waals surface area contributed by atoms with Crippen LogP contribution in [0.15, 0.2) is 12.4 Å². The summed E-state index contributed by atoms with van der Waals surface area (Å²) < 4.78 is 0. The minimum Gasteiger partial charge on any atom is -0.187 e. The van der Waals surface area contributed by atoms with E-state index < -0.39 is 0 Å². The summed E-state index contributed by atoms with van der Waals surface area (Å²) >= 11 is 0. The van der Waals surface area contributed by atoms with Crippen LogP contribution in [-0.2, 0) is 7.05 Å². The van der Waals surface area contributed by atoms with Crippen molar-refractivity contribution >= 4 is 0 Å². The first kappa shape index (κ1) is 5.28. The van der Waals surface area contributed by atoms with Gasteiger partial charge in [0.25, 0.3) is 0 Å². The van der Waals surface area contributed by atoms with Crippen LogP contribution in [0.25, 0.3) is 11.4 Å². The molecule has 0 radical (unpaired) electrons. The molecule has 2 heterocycles. The maximum absolute atomic E-state index is 4.02. The van der Waals surface area contributed by atoms with Gasteiger partial charge in [-0.05, 0) is 0 Å². The Kier molecular flexibility index (Phi) is 0.913. The van der Waals surface area contributed by atoms with E-state index in [1.165, 1.54) is 4.80 Å². The highest BCUT2D eigenvalue weighted by atomic mass is 15.4. The molecule has 2 aliphatic heterocycles. The van der Waals surface area contributed by atoms with Crippen LogP contribution in [0.5, 0.6) is 0 Å². The highest BCUT2D eigenvalue weighted by Gasteiger charge is 2.05. The summed E-state index contributed by atoms with van der Waals surface area (Å²) in [5, 5.41) is 15.3. The molecule has 0 saturated carbocycles. The zero-order valence-corrected chi connectivity index (χ0v) is 5.39. The topological polar surface area (TPSA) is 56.5 Å². The summed E-state index contributed by atoms with van der Waals surface area (Å²) in [6, 6.07) is 0. The second-order valence-corrected chi connectivity index (χ2v) is 1.95. The van der Waals surface area contributed by atoms with Crippen molar-refractivity contribution in [3.8, 4) is 11.4 Å². The van der Waals surface area contributed by atoms with E-state index in [1.54, 1.807) is 19.4 Å². The van der Waals surface area contributed by atoms with Crippen molar-refractivity contribution in [3.05, 3.63) is 12.4 Å². The van der Waals surface area contributed by atoms with Crippen molar-refractivity contribution in [1.82, 2.24) is 25.2 Å². The molecule has 2 aliphatic rings. The van der Waals surface area contributed by atoms with E-state index >= 15 is 0 Å². The Morgan fingerprint density at radius 3 is 3.10 bits per heavy atom. The van der Waals surface area contributed by atoms with E-state index in [-0.39, 0.29) is 0 Å². The summed E-state index contributed by atoms with van der Waals surface area (Å²) in [6.07, 6.45) is 3.24. The second kappa shape index (κ2) is 1.73. The molecule has 2 rings (SSSR count). The van der Waals surface area contributed by atoms with Crippen molar-refractivity contribution < 1.29 is 0 Å². The van der Waals surface area contributed by atoms with Crippen LogP contribution in [0.4, 0.5) is 0 Å². The van der Waals surface area contributed by atoms with Gasteiger partial charge in [0.05, 0.1) is 12.4 Å². The summed E-state index contributed by atoms with van der Waals surface area (Å²) in [7, 11) is 1.76. The molecule has 0 unspecified atom stereocenters. The normalized spacial score (nSPS) is 10.5. The molecule has 5 nitrogen and oxygen atoms in total. The van der Waals surface area contributed by atoms with Gasteiger partial charge >= 0.3 is 0 Å². The fourth-order valence-corrected chi connectivity index (χ4v) is 0.752. The van der Waals surface area contributed by atoms with Gasteiger partial charge in [-0.2, -0.15) is 20.1 Å². The smallest absolute Gasteiger partial charge is 0.135 e. The van der Waals surface area contributed by atoms with Crippen LogP contribution in [-0.4, -0.2) is 25.2 Å². The third-order valence-electron chi connectivity index (χ3n) is 1.21. The number of fused-ring (bicyclic) bond motifs is 1. The van der Waals surface area contributed by atoms with Crippen LogP contribution < -0.4 is 0 Å². The standard InChI is InChI=1S/C5H5N5/c1-10-7-3-4-5(9-10)2-6-8-4/h2-3H,1H3. The molecule has 0 amide bonds. The number of nitrogens with zero attached hydrogens (tertiary/aromatic N) is 5. The first-order valence-electron chi connectivity index (χ1n) is 2.84. The van der Waals surface area contributed by atoms with E-state index in [0.717, 1.165) is 11.4 Å². The lowest BCUT2D eigenvalue weighted by Gasteiger charge is -1.95. The number of aromatic nitrogens is 5. The molecule has 0 aliphatic carbocycles. The van der Waals surface area contributed by atoms with Gasteiger partial charge in [-0.25, -0.2) is 0 Å². The predicted octanol–water partition coefficient (Wildman–Crippen LogP) is -0.290. The molecule has 0 spiro atoms. The quantitative estimate of drug-likeness (QED) is 0.498. The molecule has 0 atom stereocenters. The predicted molar refractivity (Wildman–Crippen MR) is 33.2 cm³/mol. The van der Waals surface area contributed by atoms with E-state index in [2.05, 4.69) is 20.4 Å². The average molecular weight is 135 g/mol. The van der Waals surface area contributed by atoms with Crippen LogP contribution >= 0.6 is 0 Å². The SMILES string of the molecule is Cn1ncc2nncc-2n1. The lowest BCUT2D eigenvalue weighted by Crippen LogP contribution is -2.02. The fraction of sp³-hybridized carbons (Fsp3) is 0.200. The van der Waals surface area contributed by atoms with Gasteiger partial charge in [-0.3, -0.25) is 0 Å². The van der Waals surface area contributed by atoms with Crippen LogP contribution in [0.2, 0.25) is 0 Å². The molecule has 0 N–H and O–H groups in total. The number of aryl methyl sites for hydroxylation is 1. The summed E-state index contributed by atoms with van der Waals surface area (Å²) in [5.41, 5.74) is 1.51. The van der Waals surface area contributed by atoms with Crippen molar-refractivity contribution in [2.45, 2.75) is 0 Å². The van der Waals surface area contributed by atoms with E-state index in [4.69, 9.17) is 0 Å². The Morgan fingerprint density at radius 1 is 1.30 bits per heavy atom. The minimum atomic E-state index is 0.734. The number of hydrogen-bond donors (Lipinski definition) is 0. The largest absolute Gasteiger partial charge is 0.187 e. The van der Waals surface area contributed by atoms with E-state index in [1.807, 2.05) is 0 Å². The van der Waals surface area contributed by atoms with Crippen LogP contribution in [0.3, 0.4) is 0 Å². The third kappa shape index (κ3) is 0.637. The molecule has 50 valence electrons. The van der Waals surface area contributed by atoms with Crippen molar-refractivity contribution in [3.63, 3.8) is 0 Å². The molecular formula is C5H5N5. The monoisotopic (exact) mass is 135 g/mol. The molecule has 0 aromatic carbocycles. The minimum absolute atomic E-state index is 0.734. The Labute approximate surface area is 57.0 Å². The maximum Gasteiger partial charge on any atom is 0.135 e. The molecule has 0 saturated heterocycles. The Balaban J connectivity index is 2.75. The van der Waals surface area contributed by atoms with Crippen molar-refractivity contribution in [2.24, 2.45) is 7.05 Å². The van der Waals surface area contributed by atoms with Gasteiger partial charge < -0.3 is 0 Å². The van der Waals surface area contributed by atoms with E-state index in [0.29, 0.717) is 0 Å². The Morgan fingerprint density at radius 2 is 2.20 bits per heavy atom. The lowest BCUT2D eigenvalue weighted by molar-refractivity contribution is 0.618. The highest BCUT2D eigenvalue weighted by molar-refractivity contribution is 5.50. The molecule has 10 heavy (non-hydrogen) atoms. The second-order valence-electron chi connectivity index (χ2n) is 1.95. The van der Waals surface area contributed by atoms with Crippen molar-refractivity contribution in [1.29, 1.82) is 0 Å². The fourth-order valence-electron chi connectivity index (χ4n) is 0.752. The molecule has 0 aromatic heterocycles. The molecular weight excluding hydrogens is 130 g/mol. The summed E-state index contributed by atoms with van der Waals surface area (Å²) in [4.78, 5) is 1.48. The molecule has 0 bridgehead atoms. The molecule has 5 heteroatoms. The summed E-state index contributed by atoms with van der Waals surface area (Å²) in [6.45, 7) is 0. The number of hydrogen-bond acceptors (Lipinski definition) is 4. The maximum atomic E-state index is 4.02. The third-order valence-corrected chi connectivity index (χ3v) is 1.21. The molecule has 0 fully saturated rings.